The molecule has 0 saturated heterocycles. The molecule has 216 valence electrons. The molecule has 0 aromatic carbocycles. The Kier molecular flexibility index (Phi) is 8.21. The summed E-state index contributed by atoms with van der Waals surface area (Å²) in [7, 11) is 0. The summed E-state index contributed by atoms with van der Waals surface area (Å²) >= 11 is 0. The molecule has 11 atom stereocenters. The highest BCUT2D eigenvalue weighted by atomic mass is 16.6. The molecule has 5 aliphatic carbocycles. The van der Waals surface area contributed by atoms with Gasteiger partial charge in [0.25, 0.3) is 0 Å². The number of fused-ring (bicyclic) bond motifs is 5. The molecule has 5 rings (SSSR count). The molecule has 38 heavy (non-hydrogen) atoms. The summed E-state index contributed by atoms with van der Waals surface area (Å²) in [6.45, 7) is 6.45. The Morgan fingerprint density at radius 2 is 1.66 bits per heavy atom. The van der Waals surface area contributed by atoms with Crippen LogP contribution in [0.25, 0.3) is 0 Å². The van der Waals surface area contributed by atoms with Gasteiger partial charge in [-0.05, 0) is 123 Å². The first-order valence-electron chi connectivity index (χ1n) is 15.4. The van der Waals surface area contributed by atoms with Crippen molar-refractivity contribution >= 4 is 11.9 Å². The Bertz CT molecular complexity index is 870. The second kappa shape index (κ2) is 11.0. The number of carbonyl (C=O) groups is 2. The van der Waals surface area contributed by atoms with Gasteiger partial charge in [0.15, 0.2) is 6.61 Å². The standard InChI is InChI=1S/C31H50O7/c1-18(8-11-27(35)37-17-28(36)38-21-6-4-5-7-21)22-9-10-23-29-24(16-26(34)31(22,23)3)30(2)13-12-20(32)14-19(30)15-25(29)33/h18-26,29,32-34H,4-17H2,1-3H3/t18-,19+,20-,22-,23+,24+,25-,26+,29+,30+,31-/m1/s1. The second-order valence-corrected chi connectivity index (χ2v) is 14.1. The lowest BCUT2D eigenvalue weighted by molar-refractivity contribution is -0.207. The van der Waals surface area contributed by atoms with Gasteiger partial charge in [0.2, 0.25) is 0 Å². The molecule has 5 aliphatic rings. The van der Waals surface area contributed by atoms with Gasteiger partial charge in [-0.1, -0.05) is 20.8 Å². The quantitative estimate of drug-likeness (QED) is 0.415. The SMILES string of the molecule is C[C@H](CCC(=O)OCC(=O)OC1CCCC1)[C@H]1CC[C@H]2[C@@H]3[C@H](O)C[C@@H]4C[C@H](O)CC[C@]4(C)[C@H]3C[C@H](O)[C@]12C. The smallest absolute Gasteiger partial charge is 0.344 e. The maximum Gasteiger partial charge on any atom is 0.344 e. The molecule has 0 spiro atoms. The van der Waals surface area contributed by atoms with Gasteiger partial charge in [-0.25, -0.2) is 4.79 Å². The summed E-state index contributed by atoms with van der Waals surface area (Å²) < 4.78 is 10.6. The van der Waals surface area contributed by atoms with Crippen molar-refractivity contribution in [1.82, 2.24) is 0 Å². The average Bonchev–Trinajstić information content (AvgIpc) is 3.51. The van der Waals surface area contributed by atoms with E-state index in [1.165, 1.54) is 0 Å². The number of esters is 2. The third-order valence-corrected chi connectivity index (χ3v) is 12.3. The van der Waals surface area contributed by atoms with Crippen LogP contribution in [0.2, 0.25) is 0 Å². The predicted octanol–water partition coefficient (Wildman–Crippen LogP) is 4.39. The van der Waals surface area contributed by atoms with Crippen LogP contribution < -0.4 is 0 Å². The van der Waals surface area contributed by atoms with Crippen molar-refractivity contribution in [3.8, 4) is 0 Å². The number of rotatable bonds is 7. The van der Waals surface area contributed by atoms with Gasteiger partial charge >= 0.3 is 11.9 Å². The zero-order valence-electron chi connectivity index (χ0n) is 23.6. The van der Waals surface area contributed by atoms with Crippen molar-refractivity contribution in [1.29, 1.82) is 0 Å². The number of carbonyl (C=O) groups excluding carboxylic acids is 2. The van der Waals surface area contributed by atoms with Crippen molar-refractivity contribution in [2.75, 3.05) is 6.61 Å². The summed E-state index contributed by atoms with van der Waals surface area (Å²) in [6, 6.07) is 0. The first-order valence-corrected chi connectivity index (χ1v) is 15.4. The van der Waals surface area contributed by atoms with Crippen LogP contribution >= 0.6 is 0 Å². The Balaban J connectivity index is 1.18. The summed E-state index contributed by atoms with van der Waals surface area (Å²) in [5, 5.41) is 33.4. The van der Waals surface area contributed by atoms with E-state index in [1.807, 2.05) is 0 Å². The van der Waals surface area contributed by atoms with Crippen molar-refractivity contribution < 1.29 is 34.4 Å². The molecule has 0 radical (unpaired) electrons. The summed E-state index contributed by atoms with van der Waals surface area (Å²) in [4.78, 5) is 24.4. The number of ether oxygens (including phenoxy) is 2. The topological polar surface area (TPSA) is 113 Å². The normalized spacial score (nSPS) is 45.5. The van der Waals surface area contributed by atoms with Crippen molar-refractivity contribution in [3.05, 3.63) is 0 Å². The number of aliphatic hydroxyl groups is 3. The fraction of sp³-hybridized carbons (Fsp3) is 0.935. The van der Waals surface area contributed by atoms with Crippen LogP contribution in [0.3, 0.4) is 0 Å². The Morgan fingerprint density at radius 1 is 0.921 bits per heavy atom. The van der Waals surface area contributed by atoms with Crippen LogP contribution in [0.5, 0.6) is 0 Å². The summed E-state index contributed by atoms with van der Waals surface area (Å²) in [5.41, 5.74) is -0.217. The first kappa shape index (κ1) is 28.4. The van der Waals surface area contributed by atoms with Gasteiger partial charge in [0.1, 0.15) is 6.10 Å². The molecule has 0 heterocycles. The van der Waals surface area contributed by atoms with Crippen LogP contribution in [0.15, 0.2) is 0 Å². The lowest BCUT2D eigenvalue weighted by Crippen LogP contribution is -2.62. The van der Waals surface area contributed by atoms with E-state index in [0.717, 1.165) is 64.2 Å². The molecule has 0 aromatic rings. The van der Waals surface area contributed by atoms with Gasteiger partial charge < -0.3 is 24.8 Å². The zero-order chi connectivity index (χ0) is 27.2. The van der Waals surface area contributed by atoms with Crippen LogP contribution in [-0.4, -0.2) is 58.3 Å². The van der Waals surface area contributed by atoms with Crippen molar-refractivity contribution in [2.24, 2.45) is 46.3 Å². The molecule has 7 nitrogen and oxygen atoms in total. The molecule has 0 aromatic heterocycles. The zero-order valence-corrected chi connectivity index (χ0v) is 23.6. The van der Waals surface area contributed by atoms with E-state index in [1.54, 1.807) is 0 Å². The van der Waals surface area contributed by atoms with Gasteiger partial charge in [0.05, 0.1) is 18.3 Å². The van der Waals surface area contributed by atoms with E-state index >= 15 is 0 Å². The Labute approximate surface area is 228 Å². The van der Waals surface area contributed by atoms with E-state index in [2.05, 4.69) is 20.8 Å². The lowest BCUT2D eigenvalue weighted by Gasteiger charge is -2.63. The molecule has 0 bridgehead atoms. The molecule has 5 saturated carbocycles. The fourth-order valence-corrected chi connectivity index (χ4v) is 10.1. The summed E-state index contributed by atoms with van der Waals surface area (Å²) in [5.74, 6) is 0.719. The highest BCUT2D eigenvalue weighted by Crippen LogP contribution is 2.68. The van der Waals surface area contributed by atoms with Gasteiger partial charge in [-0.15, -0.1) is 0 Å². The van der Waals surface area contributed by atoms with Crippen molar-refractivity contribution in [3.63, 3.8) is 0 Å². The molecule has 0 amide bonds. The maximum atomic E-state index is 12.4. The molecule has 5 fully saturated rings. The monoisotopic (exact) mass is 534 g/mol. The second-order valence-electron chi connectivity index (χ2n) is 14.1. The van der Waals surface area contributed by atoms with Crippen LogP contribution in [0, 0.1) is 46.3 Å². The molecular formula is C31H50O7. The van der Waals surface area contributed by atoms with Crippen LogP contribution in [0.4, 0.5) is 0 Å². The number of hydrogen-bond donors (Lipinski definition) is 3. The van der Waals surface area contributed by atoms with Gasteiger partial charge in [-0.3, -0.25) is 4.79 Å². The minimum absolute atomic E-state index is 0.0281. The number of aliphatic hydroxyl groups excluding tert-OH is 3. The van der Waals surface area contributed by atoms with E-state index in [4.69, 9.17) is 9.47 Å². The molecular weight excluding hydrogens is 484 g/mol. The van der Waals surface area contributed by atoms with Gasteiger partial charge in [0, 0.05) is 6.42 Å². The average molecular weight is 535 g/mol. The molecule has 7 heteroatoms. The molecule has 3 N–H and O–H groups in total. The minimum Gasteiger partial charge on any atom is -0.460 e. The lowest BCUT2D eigenvalue weighted by atomic mass is 9.43. The minimum atomic E-state index is -0.459. The van der Waals surface area contributed by atoms with E-state index in [-0.39, 0.29) is 77.7 Å². The van der Waals surface area contributed by atoms with Gasteiger partial charge in [-0.2, -0.15) is 0 Å². The third kappa shape index (κ3) is 5.05. The molecule has 0 unspecified atom stereocenters. The van der Waals surface area contributed by atoms with Crippen LogP contribution in [-0.2, 0) is 19.1 Å². The van der Waals surface area contributed by atoms with E-state index in [9.17, 15) is 24.9 Å². The fourth-order valence-electron chi connectivity index (χ4n) is 10.1. The van der Waals surface area contributed by atoms with E-state index in [0.29, 0.717) is 18.8 Å². The van der Waals surface area contributed by atoms with Crippen molar-refractivity contribution in [2.45, 2.75) is 129 Å². The van der Waals surface area contributed by atoms with E-state index < -0.39 is 12.1 Å². The Hall–Kier alpha value is -1.18. The van der Waals surface area contributed by atoms with Crippen LogP contribution in [0.1, 0.15) is 104 Å². The number of hydrogen-bond acceptors (Lipinski definition) is 7. The third-order valence-electron chi connectivity index (χ3n) is 12.3. The molecule has 0 aliphatic heterocycles. The Morgan fingerprint density at radius 3 is 2.39 bits per heavy atom. The predicted molar refractivity (Wildman–Crippen MR) is 142 cm³/mol. The first-order chi connectivity index (χ1) is 18.0. The summed E-state index contributed by atoms with van der Waals surface area (Å²) in [6.07, 6.45) is 9.77. The highest BCUT2D eigenvalue weighted by Gasteiger charge is 2.65. The largest absolute Gasteiger partial charge is 0.460 e. The maximum absolute atomic E-state index is 12.4. The highest BCUT2D eigenvalue weighted by molar-refractivity contribution is 5.76.